The lowest BCUT2D eigenvalue weighted by Crippen LogP contribution is -2.25. The van der Waals surface area contributed by atoms with E-state index in [1.165, 1.54) is 12.5 Å². The third-order valence-corrected chi connectivity index (χ3v) is 3.55. The van der Waals surface area contributed by atoms with E-state index < -0.39 is 6.10 Å². The van der Waals surface area contributed by atoms with Gasteiger partial charge in [0.1, 0.15) is 6.26 Å². The van der Waals surface area contributed by atoms with E-state index in [9.17, 15) is 9.90 Å². The molecule has 2 aromatic rings. The Labute approximate surface area is 126 Å². The molecule has 0 bridgehead atoms. The van der Waals surface area contributed by atoms with Crippen LogP contribution in [0.5, 0.6) is 0 Å². The van der Waals surface area contributed by atoms with Crippen molar-refractivity contribution in [3.8, 4) is 0 Å². The van der Waals surface area contributed by atoms with Crippen LogP contribution in [0.3, 0.4) is 0 Å². The zero-order valence-electron chi connectivity index (χ0n) is 10.5. The molecule has 1 amide bonds. The molecule has 1 unspecified atom stereocenters. The van der Waals surface area contributed by atoms with E-state index >= 15 is 0 Å². The first-order valence-electron chi connectivity index (χ1n) is 6.01. The molecule has 0 radical (unpaired) electrons. The fourth-order valence-corrected chi connectivity index (χ4v) is 2.01. The summed E-state index contributed by atoms with van der Waals surface area (Å²) in [7, 11) is 0. The molecule has 0 aliphatic carbocycles. The number of benzene rings is 1. The highest BCUT2D eigenvalue weighted by Crippen LogP contribution is 2.26. The summed E-state index contributed by atoms with van der Waals surface area (Å²) in [6.07, 6.45) is 2.46. The second-order valence-electron chi connectivity index (χ2n) is 4.25. The number of hydrogen-bond acceptors (Lipinski definition) is 3. The molecule has 1 atom stereocenters. The zero-order valence-corrected chi connectivity index (χ0v) is 12.0. The number of carbonyl (C=O) groups excluding carboxylic acids is 1. The molecule has 0 fully saturated rings. The van der Waals surface area contributed by atoms with Crippen molar-refractivity contribution in [2.45, 2.75) is 12.5 Å². The van der Waals surface area contributed by atoms with E-state index in [1.807, 2.05) is 0 Å². The van der Waals surface area contributed by atoms with Crippen LogP contribution >= 0.6 is 23.2 Å². The molecule has 2 rings (SSSR count). The molecule has 6 heteroatoms. The SMILES string of the molecule is O=C(NCCC(O)c1ccc(Cl)c(Cl)c1)c1ccoc1. The van der Waals surface area contributed by atoms with Gasteiger partial charge in [-0.1, -0.05) is 29.3 Å². The van der Waals surface area contributed by atoms with Gasteiger partial charge in [0, 0.05) is 6.54 Å². The number of hydrogen-bond donors (Lipinski definition) is 2. The van der Waals surface area contributed by atoms with Crippen molar-refractivity contribution in [2.24, 2.45) is 0 Å². The van der Waals surface area contributed by atoms with Crippen molar-refractivity contribution in [3.05, 3.63) is 58.0 Å². The molecule has 0 saturated carbocycles. The summed E-state index contributed by atoms with van der Waals surface area (Å²) < 4.78 is 4.82. The highest BCUT2D eigenvalue weighted by atomic mass is 35.5. The fourth-order valence-electron chi connectivity index (χ4n) is 1.70. The first-order chi connectivity index (χ1) is 9.58. The predicted octanol–water partition coefficient (Wildman–Crippen LogP) is 3.44. The van der Waals surface area contributed by atoms with E-state index in [1.54, 1.807) is 24.3 Å². The highest BCUT2D eigenvalue weighted by molar-refractivity contribution is 6.42. The molecule has 20 heavy (non-hydrogen) atoms. The van der Waals surface area contributed by atoms with Crippen LogP contribution in [0.15, 0.2) is 41.2 Å². The van der Waals surface area contributed by atoms with Gasteiger partial charge in [-0.2, -0.15) is 0 Å². The monoisotopic (exact) mass is 313 g/mol. The molecule has 0 saturated heterocycles. The molecule has 1 heterocycles. The first-order valence-corrected chi connectivity index (χ1v) is 6.77. The molecule has 4 nitrogen and oxygen atoms in total. The second kappa shape index (κ2) is 6.79. The molecule has 1 aromatic heterocycles. The third-order valence-electron chi connectivity index (χ3n) is 2.82. The number of aliphatic hydroxyl groups excluding tert-OH is 1. The van der Waals surface area contributed by atoms with E-state index in [-0.39, 0.29) is 5.91 Å². The van der Waals surface area contributed by atoms with Gasteiger partial charge in [0.25, 0.3) is 5.91 Å². The van der Waals surface area contributed by atoms with Gasteiger partial charge in [0.15, 0.2) is 0 Å². The minimum atomic E-state index is -0.714. The van der Waals surface area contributed by atoms with Crippen molar-refractivity contribution < 1.29 is 14.3 Å². The van der Waals surface area contributed by atoms with Crippen molar-refractivity contribution in [1.29, 1.82) is 0 Å². The normalized spacial score (nSPS) is 12.2. The van der Waals surface area contributed by atoms with Gasteiger partial charge in [-0.3, -0.25) is 4.79 Å². The topological polar surface area (TPSA) is 62.5 Å². The van der Waals surface area contributed by atoms with Crippen LogP contribution in [0.2, 0.25) is 10.0 Å². The smallest absolute Gasteiger partial charge is 0.254 e. The lowest BCUT2D eigenvalue weighted by Gasteiger charge is -2.12. The molecule has 0 spiro atoms. The Hall–Kier alpha value is -1.49. The Morgan fingerprint density at radius 1 is 1.30 bits per heavy atom. The summed E-state index contributed by atoms with van der Waals surface area (Å²) in [5, 5.41) is 13.5. The second-order valence-corrected chi connectivity index (χ2v) is 5.06. The van der Waals surface area contributed by atoms with Gasteiger partial charge in [-0.25, -0.2) is 0 Å². The predicted molar refractivity (Wildman–Crippen MR) is 77.1 cm³/mol. The van der Waals surface area contributed by atoms with Gasteiger partial charge in [0.2, 0.25) is 0 Å². The number of amides is 1. The lowest BCUT2D eigenvalue weighted by molar-refractivity contribution is 0.0942. The summed E-state index contributed by atoms with van der Waals surface area (Å²) in [5.74, 6) is -0.236. The van der Waals surface area contributed by atoms with Crippen LogP contribution in [0.4, 0.5) is 0 Å². The molecular formula is C14H13Cl2NO3. The summed E-state index contributed by atoms with van der Waals surface area (Å²) in [4.78, 5) is 11.6. The highest BCUT2D eigenvalue weighted by Gasteiger charge is 2.11. The number of aliphatic hydroxyl groups is 1. The van der Waals surface area contributed by atoms with Crippen LogP contribution in [0.1, 0.15) is 28.4 Å². The van der Waals surface area contributed by atoms with E-state index in [0.717, 1.165) is 0 Å². The van der Waals surface area contributed by atoms with Gasteiger partial charge in [-0.15, -0.1) is 0 Å². The molecular weight excluding hydrogens is 301 g/mol. The van der Waals surface area contributed by atoms with Crippen LogP contribution in [-0.4, -0.2) is 17.6 Å². The number of nitrogens with one attached hydrogen (secondary N) is 1. The Kier molecular flexibility index (Phi) is 5.06. The van der Waals surface area contributed by atoms with Gasteiger partial charge < -0.3 is 14.8 Å². The maximum absolute atomic E-state index is 11.6. The Morgan fingerprint density at radius 3 is 2.75 bits per heavy atom. The van der Waals surface area contributed by atoms with Crippen molar-refractivity contribution in [2.75, 3.05) is 6.54 Å². The van der Waals surface area contributed by atoms with Gasteiger partial charge in [0.05, 0.1) is 28.0 Å². The lowest BCUT2D eigenvalue weighted by atomic mass is 10.1. The van der Waals surface area contributed by atoms with Crippen LogP contribution in [0, 0.1) is 0 Å². The maximum Gasteiger partial charge on any atom is 0.254 e. The van der Waals surface area contributed by atoms with Crippen molar-refractivity contribution >= 4 is 29.1 Å². The molecule has 106 valence electrons. The third kappa shape index (κ3) is 3.76. The standard InChI is InChI=1S/C14H13Cl2NO3/c15-11-2-1-9(7-12(11)16)13(18)3-5-17-14(19)10-4-6-20-8-10/h1-2,4,6-8,13,18H,3,5H2,(H,17,19). The van der Waals surface area contributed by atoms with E-state index in [4.69, 9.17) is 27.6 Å². The molecule has 0 aliphatic rings. The number of carbonyl (C=O) groups is 1. The minimum Gasteiger partial charge on any atom is -0.472 e. The van der Waals surface area contributed by atoms with Crippen LogP contribution < -0.4 is 5.32 Å². The Bertz CT molecular complexity index is 584. The number of halogens is 2. The van der Waals surface area contributed by atoms with Gasteiger partial charge in [-0.05, 0) is 30.2 Å². The average Bonchev–Trinajstić information content (AvgIpc) is 2.95. The van der Waals surface area contributed by atoms with Crippen LogP contribution in [-0.2, 0) is 0 Å². The van der Waals surface area contributed by atoms with E-state index in [2.05, 4.69) is 5.32 Å². The quantitative estimate of drug-likeness (QED) is 0.888. The zero-order chi connectivity index (χ0) is 14.5. The van der Waals surface area contributed by atoms with Crippen molar-refractivity contribution in [3.63, 3.8) is 0 Å². The molecule has 1 aromatic carbocycles. The maximum atomic E-state index is 11.6. The average molecular weight is 314 g/mol. The molecule has 0 aliphatic heterocycles. The summed E-state index contributed by atoms with van der Waals surface area (Å²) in [5.41, 5.74) is 1.12. The summed E-state index contributed by atoms with van der Waals surface area (Å²) in [6.45, 7) is 0.339. The van der Waals surface area contributed by atoms with Crippen molar-refractivity contribution in [1.82, 2.24) is 5.32 Å². The van der Waals surface area contributed by atoms with Gasteiger partial charge >= 0.3 is 0 Å². The Morgan fingerprint density at radius 2 is 2.10 bits per heavy atom. The number of furan rings is 1. The minimum absolute atomic E-state index is 0.236. The summed E-state index contributed by atoms with van der Waals surface area (Å²) in [6, 6.07) is 6.53. The summed E-state index contributed by atoms with van der Waals surface area (Å²) >= 11 is 11.7. The van der Waals surface area contributed by atoms with E-state index in [0.29, 0.717) is 34.1 Å². The first kappa shape index (κ1) is 14.9. The largest absolute Gasteiger partial charge is 0.472 e. The fraction of sp³-hybridized carbons (Fsp3) is 0.214. The Balaban J connectivity index is 1.84. The van der Waals surface area contributed by atoms with Crippen LogP contribution in [0.25, 0.3) is 0 Å². The number of rotatable bonds is 5. The molecule has 2 N–H and O–H groups in total.